The average Bonchev–Trinajstić information content (AvgIpc) is 2.42. The van der Waals surface area contributed by atoms with Gasteiger partial charge in [0.25, 0.3) is 11.4 Å². The van der Waals surface area contributed by atoms with E-state index in [1.54, 1.807) is 0 Å². The molecule has 1 heterocycles. The number of aromatic nitrogens is 2. The van der Waals surface area contributed by atoms with Crippen molar-refractivity contribution in [1.29, 1.82) is 0 Å². The highest BCUT2D eigenvalue weighted by atomic mass is 32.2. The molecule has 2 aromatic rings. The predicted molar refractivity (Wildman–Crippen MR) is 71.2 cm³/mol. The van der Waals surface area contributed by atoms with Crippen molar-refractivity contribution in [2.24, 2.45) is 0 Å². The van der Waals surface area contributed by atoms with Crippen molar-refractivity contribution in [2.75, 3.05) is 11.8 Å². The Bertz CT molecular complexity index is 715. The van der Waals surface area contributed by atoms with Crippen LogP contribution in [0, 0.1) is 0 Å². The van der Waals surface area contributed by atoms with E-state index in [-0.39, 0.29) is 16.6 Å². The first kappa shape index (κ1) is 13.9. The Balaban J connectivity index is 2.35. The molecule has 8 nitrogen and oxygen atoms in total. The molecule has 0 amide bonds. The Hall–Kier alpha value is -2.55. The van der Waals surface area contributed by atoms with Crippen LogP contribution in [0.4, 0.5) is 5.82 Å². The lowest BCUT2D eigenvalue weighted by Crippen LogP contribution is -2.14. The number of rotatable bonds is 4. The van der Waals surface area contributed by atoms with Gasteiger partial charge in [-0.05, 0) is 12.1 Å². The quantitative estimate of drug-likeness (QED) is 0.603. The number of hydrogen-bond acceptors (Lipinski definition) is 6. The zero-order valence-electron chi connectivity index (χ0n) is 10.3. The molecule has 1 aromatic carbocycles. The van der Waals surface area contributed by atoms with Gasteiger partial charge in [-0.2, -0.15) is 0 Å². The van der Waals surface area contributed by atoms with Crippen LogP contribution in [0.15, 0.2) is 34.1 Å². The van der Waals surface area contributed by atoms with E-state index in [1.807, 2.05) is 0 Å². The molecule has 106 valence electrons. The number of nitrogens with one attached hydrogen (secondary N) is 2. The van der Waals surface area contributed by atoms with Gasteiger partial charge in [0.15, 0.2) is 28.3 Å². The first-order valence-corrected chi connectivity index (χ1v) is 6.50. The number of aromatic amines is 1. The maximum atomic E-state index is 12.1. The minimum Gasteiger partial charge on any atom is -0.504 e. The molecular weight excluding hydrogens is 286 g/mol. The normalized spacial score (nSPS) is 11.8. The molecule has 2 rings (SSSR count). The fourth-order valence-corrected chi connectivity index (χ4v) is 2.34. The van der Waals surface area contributed by atoms with E-state index in [9.17, 15) is 19.2 Å². The van der Waals surface area contributed by atoms with Gasteiger partial charge in [-0.1, -0.05) is 6.07 Å². The molecule has 0 saturated heterocycles. The van der Waals surface area contributed by atoms with Crippen LogP contribution < -0.4 is 15.0 Å². The largest absolute Gasteiger partial charge is 0.504 e. The molecule has 9 heteroatoms. The van der Waals surface area contributed by atoms with Crippen LogP contribution in [0.5, 0.6) is 17.4 Å². The average molecular weight is 297 g/mol. The van der Waals surface area contributed by atoms with E-state index < -0.39 is 28.0 Å². The van der Waals surface area contributed by atoms with E-state index in [0.29, 0.717) is 0 Å². The summed E-state index contributed by atoms with van der Waals surface area (Å²) in [6.07, 6.45) is 1.01. The number of anilines is 1. The Morgan fingerprint density at radius 1 is 1.40 bits per heavy atom. The van der Waals surface area contributed by atoms with E-state index in [4.69, 9.17) is 4.74 Å². The number of phenols is 2. The third kappa shape index (κ3) is 2.72. The highest BCUT2D eigenvalue weighted by Gasteiger charge is 2.15. The van der Waals surface area contributed by atoms with Gasteiger partial charge in [-0.15, -0.1) is 0 Å². The van der Waals surface area contributed by atoms with E-state index in [1.165, 1.54) is 25.3 Å². The fraction of sp³-hybridized carbons (Fsp3) is 0.0909. The minimum absolute atomic E-state index is 0.000996. The Morgan fingerprint density at radius 3 is 2.85 bits per heavy atom. The monoisotopic (exact) mass is 297 g/mol. The highest BCUT2D eigenvalue weighted by Crippen LogP contribution is 2.31. The number of benzene rings is 1. The van der Waals surface area contributed by atoms with E-state index in [0.717, 1.165) is 6.20 Å². The molecule has 20 heavy (non-hydrogen) atoms. The summed E-state index contributed by atoms with van der Waals surface area (Å²) in [5, 5.41) is 19.0. The molecule has 1 unspecified atom stereocenters. The molecule has 0 aliphatic heterocycles. The number of H-pyrrole nitrogens is 1. The van der Waals surface area contributed by atoms with Crippen molar-refractivity contribution >= 4 is 16.8 Å². The second-order valence-corrected chi connectivity index (χ2v) is 4.81. The molecule has 0 aliphatic carbocycles. The fourth-order valence-electron chi connectivity index (χ4n) is 1.42. The van der Waals surface area contributed by atoms with Crippen molar-refractivity contribution in [3.05, 3.63) is 34.7 Å². The Kier molecular flexibility index (Phi) is 3.89. The maximum Gasteiger partial charge on any atom is 0.268 e. The predicted octanol–water partition coefficient (Wildman–Crippen LogP) is 0.324. The van der Waals surface area contributed by atoms with Gasteiger partial charge in [0.2, 0.25) is 0 Å². The molecule has 0 aliphatic rings. The van der Waals surface area contributed by atoms with Crippen molar-refractivity contribution in [3.8, 4) is 17.4 Å². The van der Waals surface area contributed by atoms with Gasteiger partial charge < -0.3 is 19.9 Å². The summed E-state index contributed by atoms with van der Waals surface area (Å²) in [5.41, 5.74) is -0.509. The van der Waals surface area contributed by atoms with Crippen molar-refractivity contribution < 1.29 is 19.2 Å². The third-order valence-electron chi connectivity index (χ3n) is 2.33. The van der Waals surface area contributed by atoms with Gasteiger partial charge in [-0.25, -0.2) is 9.19 Å². The number of para-hydroxylation sites is 1. The summed E-state index contributed by atoms with van der Waals surface area (Å²) in [7, 11) is -0.593. The number of phenolic OH excluding ortho intramolecular Hbond substituents is 2. The summed E-state index contributed by atoms with van der Waals surface area (Å²) in [6, 6.07) is 4.04. The number of aromatic hydroxyl groups is 2. The Labute approximate surface area is 115 Å². The van der Waals surface area contributed by atoms with E-state index in [2.05, 4.69) is 14.7 Å². The Morgan fingerprint density at radius 2 is 2.15 bits per heavy atom. The van der Waals surface area contributed by atoms with Crippen LogP contribution in [-0.4, -0.2) is 31.5 Å². The van der Waals surface area contributed by atoms with Crippen LogP contribution >= 0.6 is 0 Å². The minimum atomic E-state index is -1.93. The molecule has 4 N–H and O–H groups in total. The summed E-state index contributed by atoms with van der Waals surface area (Å²) in [4.78, 5) is 17.2. The third-order valence-corrected chi connectivity index (χ3v) is 3.45. The van der Waals surface area contributed by atoms with Crippen LogP contribution in [0.3, 0.4) is 0 Å². The number of methoxy groups -OCH3 is 1. The van der Waals surface area contributed by atoms with Crippen molar-refractivity contribution in [3.63, 3.8) is 0 Å². The maximum absolute atomic E-state index is 12.1. The topological polar surface area (TPSA) is 125 Å². The second kappa shape index (κ2) is 5.61. The SMILES string of the molecule is COc1ncc(=O)[nH]c1NS(=O)c1cccc(O)c1O. The summed E-state index contributed by atoms with van der Waals surface area (Å²) in [6.45, 7) is 0. The lowest BCUT2D eigenvalue weighted by Gasteiger charge is -2.10. The summed E-state index contributed by atoms with van der Waals surface area (Å²) < 4.78 is 19.4. The van der Waals surface area contributed by atoms with Crippen LogP contribution in [0.25, 0.3) is 0 Å². The number of ether oxygens (including phenoxy) is 1. The lowest BCUT2D eigenvalue weighted by atomic mass is 10.3. The van der Waals surface area contributed by atoms with Crippen LogP contribution in [0.1, 0.15) is 0 Å². The molecule has 0 spiro atoms. The van der Waals surface area contributed by atoms with Gasteiger partial charge >= 0.3 is 0 Å². The van der Waals surface area contributed by atoms with Crippen LogP contribution in [-0.2, 0) is 11.0 Å². The lowest BCUT2D eigenvalue weighted by molar-refractivity contribution is 0.394. The first-order valence-electron chi connectivity index (χ1n) is 5.35. The van der Waals surface area contributed by atoms with Crippen LogP contribution in [0.2, 0.25) is 0 Å². The molecule has 1 aromatic heterocycles. The smallest absolute Gasteiger partial charge is 0.268 e. The van der Waals surface area contributed by atoms with Crippen molar-refractivity contribution in [2.45, 2.75) is 4.90 Å². The molecule has 1 atom stereocenters. The summed E-state index contributed by atoms with van der Waals surface area (Å²) in [5.74, 6) is -0.869. The highest BCUT2D eigenvalue weighted by molar-refractivity contribution is 7.86. The van der Waals surface area contributed by atoms with Gasteiger partial charge in [0, 0.05) is 0 Å². The molecule has 0 saturated carbocycles. The zero-order valence-corrected chi connectivity index (χ0v) is 11.1. The number of hydrogen-bond donors (Lipinski definition) is 4. The summed E-state index contributed by atoms with van der Waals surface area (Å²) >= 11 is 0. The molecular formula is C11H11N3O5S. The van der Waals surface area contributed by atoms with Crippen molar-refractivity contribution in [1.82, 2.24) is 9.97 Å². The standard InChI is InChI=1S/C11H11N3O5S/c1-19-11-10(13-8(16)5-12-11)14-20(18)7-4-2-3-6(15)9(7)17/h2-5,15,17H,1H3,(H2,13,14,16). The number of nitrogens with zero attached hydrogens (tertiary/aromatic N) is 1. The molecule has 0 fully saturated rings. The van der Waals surface area contributed by atoms with Gasteiger partial charge in [-0.3, -0.25) is 9.52 Å². The van der Waals surface area contributed by atoms with Gasteiger partial charge in [0.05, 0.1) is 13.3 Å². The first-order chi connectivity index (χ1) is 9.52. The van der Waals surface area contributed by atoms with E-state index >= 15 is 0 Å². The zero-order chi connectivity index (χ0) is 14.7. The van der Waals surface area contributed by atoms with Gasteiger partial charge in [0.1, 0.15) is 4.90 Å². The second-order valence-electron chi connectivity index (χ2n) is 3.63. The molecule has 0 radical (unpaired) electrons. The molecule has 0 bridgehead atoms.